The third-order valence-electron chi connectivity index (χ3n) is 9.11. The summed E-state index contributed by atoms with van der Waals surface area (Å²) in [6.45, 7) is 4.23. The summed E-state index contributed by atoms with van der Waals surface area (Å²) < 4.78 is 19.7. The number of benzene rings is 4. The van der Waals surface area contributed by atoms with Crippen molar-refractivity contribution in [2.24, 2.45) is 5.92 Å². The fourth-order valence-electron chi connectivity index (χ4n) is 6.20. The van der Waals surface area contributed by atoms with E-state index in [1.807, 2.05) is 109 Å². The molecule has 0 spiro atoms. The zero-order chi connectivity index (χ0) is 36.3. The molecule has 3 N–H and O–H groups in total. The van der Waals surface area contributed by atoms with Crippen molar-refractivity contribution in [2.75, 3.05) is 17.6 Å². The second kappa shape index (κ2) is 18.1. The molecule has 10 heteroatoms. The van der Waals surface area contributed by atoms with Gasteiger partial charge in [-0.15, -0.1) is 0 Å². The first-order valence-corrected chi connectivity index (χ1v) is 18.8. The van der Waals surface area contributed by atoms with Gasteiger partial charge in [-0.05, 0) is 36.1 Å². The Morgan fingerprint density at radius 3 is 2.15 bits per heavy atom. The number of thioether (sulfide) groups is 1. The minimum absolute atomic E-state index is 0.0160. The van der Waals surface area contributed by atoms with E-state index in [1.54, 1.807) is 0 Å². The molecule has 5 aromatic rings. The molecule has 52 heavy (non-hydrogen) atoms. The van der Waals surface area contributed by atoms with Crippen LogP contribution in [0, 0.1) is 5.92 Å². The quantitative estimate of drug-likeness (QED) is 0.0726. The van der Waals surface area contributed by atoms with Gasteiger partial charge in [0.15, 0.2) is 12.1 Å². The van der Waals surface area contributed by atoms with Crippen molar-refractivity contribution in [3.63, 3.8) is 0 Å². The number of aliphatic hydroxyl groups excluding tert-OH is 1. The number of nitrogens with zero attached hydrogens (tertiary/aromatic N) is 1. The van der Waals surface area contributed by atoms with E-state index in [1.165, 1.54) is 18.7 Å². The highest BCUT2D eigenvalue weighted by molar-refractivity contribution is 7.99. The first kappa shape index (κ1) is 37.0. The molecule has 0 bridgehead atoms. The molecule has 9 nitrogen and oxygen atoms in total. The summed E-state index contributed by atoms with van der Waals surface area (Å²) in [4.78, 5) is 28.5. The Labute approximate surface area is 309 Å². The number of ether oxygens (including phenoxy) is 2. The standard InChI is InChI=1S/C42H45N3O6S/c1-28-36(27-52-42-45-38(31-12-6-3-7-13-31)40(51-42)32-14-8-4-9-15-32)49-41(50-39(28)33-19-17-30(26-46)18-20-33)34-21-23-35(24-22-34)44-37(48)16-10-5-11-25-43-29(2)47/h3-4,6-9,12-15,17-24,28,36,39,41,46H,5,10-11,16,25-27H2,1-2H3,(H,43,47)(H,44,48). The summed E-state index contributed by atoms with van der Waals surface area (Å²) in [6, 6.07) is 35.5. The maximum atomic E-state index is 12.6. The first-order chi connectivity index (χ1) is 25.4. The van der Waals surface area contributed by atoms with Gasteiger partial charge in [-0.1, -0.05) is 122 Å². The topological polar surface area (TPSA) is 123 Å². The van der Waals surface area contributed by atoms with Gasteiger partial charge in [-0.2, -0.15) is 0 Å². The first-order valence-electron chi connectivity index (χ1n) is 17.8. The number of hydrogen-bond acceptors (Lipinski definition) is 8. The molecular weight excluding hydrogens is 675 g/mol. The fraction of sp³-hybridized carbons (Fsp3) is 0.310. The minimum atomic E-state index is -0.651. The third-order valence-corrected chi connectivity index (χ3v) is 10.0. The molecule has 0 radical (unpaired) electrons. The van der Waals surface area contributed by atoms with Crippen molar-refractivity contribution in [3.8, 4) is 22.6 Å². The van der Waals surface area contributed by atoms with Crippen LogP contribution >= 0.6 is 11.8 Å². The number of nitrogens with one attached hydrogen (secondary N) is 2. The lowest BCUT2D eigenvalue weighted by molar-refractivity contribution is -0.268. The van der Waals surface area contributed by atoms with Crippen LogP contribution in [0.3, 0.4) is 0 Å². The summed E-state index contributed by atoms with van der Waals surface area (Å²) in [5, 5.41) is 15.9. The van der Waals surface area contributed by atoms with Crippen LogP contribution in [0.2, 0.25) is 0 Å². The highest BCUT2D eigenvalue weighted by atomic mass is 32.2. The van der Waals surface area contributed by atoms with Crippen LogP contribution in [0.15, 0.2) is 119 Å². The minimum Gasteiger partial charge on any atom is -0.431 e. The molecule has 1 aliphatic rings. The van der Waals surface area contributed by atoms with Gasteiger partial charge in [0.25, 0.3) is 5.22 Å². The van der Waals surface area contributed by atoms with Gasteiger partial charge in [-0.25, -0.2) is 4.98 Å². The number of carbonyl (C=O) groups excluding carboxylic acids is 2. The van der Waals surface area contributed by atoms with Gasteiger partial charge in [-0.3, -0.25) is 9.59 Å². The molecule has 1 fully saturated rings. The largest absolute Gasteiger partial charge is 0.431 e. The number of rotatable bonds is 15. The Morgan fingerprint density at radius 1 is 0.808 bits per heavy atom. The van der Waals surface area contributed by atoms with E-state index in [4.69, 9.17) is 18.9 Å². The lowest BCUT2D eigenvalue weighted by Gasteiger charge is -2.41. The number of amides is 2. The predicted molar refractivity (Wildman–Crippen MR) is 203 cm³/mol. The molecular formula is C42H45N3O6S. The summed E-state index contributed by atoms with van der Waals surface area (Å²) in [5.74, 6) is 1.20. The molecule has 2 amide bonds. The van der Waals surface area contributed by atoms with E-state index >= 15 is 0 Å². The molecule has 6 rings (SSSR count). The van der Waals surface area contributed by atoms with Crippen LogP contribution in [-0.2, 0) is 25.7 Å². The average molecular weight is 720 g/mol. The van der Waals surface area contributed by atoms with E-state index in [0.29, 0.717) is 29.6 Å². The van der Waals surface area contributed by atoms with Crippen LogP contribution in [0.4, 0.5) is 5.69 Å². The number of carbonyl (C=O) groups is 2. The van der Waals surface area contributed by atoms with Crippen molar-refractivity contribution < 1.29 is 28.6 Å². The van der Waals surface area contributed by atoms with Crippen LogP contribution in [0.1, 0.15) is 68.6 Å². The Hall–Kier alpha value is -4.74. The fourth-order valence-corrected chi connectivity index (χ4v) is 7.19. The van der Waals surface area contributed by atoms with E-state index in [0.717, 1.165) is 58.5 Å². The highest BCUT2D eigenvalue weighted by Gasteiger charge is 2.38. The highest BCUT2D eigenvalue weighted by Crippen LogP contribution is 2.44. The van der Waals surface area contributed by atoms with Crippen LogP contribution in [0.5, 0.6) is 0 Å². The SMILES string of the molecule is CC(=O)NCCCCCC(=O)Nc1ccc(C2OC(CSc3nc(-c4ccccc4)c(-c4ccccc4)o3)C(C)C(c3ccc(CO)cc3)O2)cc1. The van der Waals surface area contributed by atoms with Gasteiger partial charge in [0.05, 0.1) is 18.8 Å². The van der Waals surface area contributed by atoms with Gasteiger partial charge >= 0.3 is 0 Å². The summed E-state index contributed by atoms with van der Waals surface area (Å²) >= 11 is 1.52. The lowest BCUT2D eigenvalue weighted by atomic mass is 9.91. The van der Waals surface area contributed by atoms with Gasteiger partial charge in [0, 0.05) is 53.9 Å². The van der Waals surface area contributed by atoms with Crippen molar-refractivity contribution in [1.29, 1.82) is 0 Å². The third kappa shape index (κ3) is 9.77. The average Bonchev–Trinajstić information content (AvgIpc) is 3.61. The molecule has 1 aliphatic heterocycles. The molecule has 2 heterocycles. The van der Waals surface area contributed by atoms with E-state index in [-0.39, 0.29) is 36.5 Å². The van der Waals surface area contributed by atoms with Gasteiger partial charge in [0.1, 0.15) is 5.69 Å². The number of aromatic nitrogens is 1. The second-order valence-corrected chi connectivity index (χ2v) is 14.0. The number of hydrogen-bond donors (Lipinski definition) is 3. The van der Waals surface area contributed by atoms with Crippen LogP contribution in [-0.4, -0.2) is 40.3 Å². The second-order valence-electron chi connectivity index (χ2n) is 13.0. The smallest absolute Gasteiger partial charge is 0.256 e. The molecule has 0 saturated carbocycles. The zero-order valence-electron chi connectivity index (χ0n) is 29.5. The maximum Gasteiger partial charge on any atom is 0.256 e. The summed E-state index contributed by atoms with van der Waals surface area (Å²) in [7, 11) is 0. The van der Waals surface area contributed by atoms with Crippen LogP contribution < -0.4 is 10.6 Å². The van der Waals surface area contributed by atoms with E-state index in [9.17, 15) is 14.7 Å². The normalized spacial score (nSPS) is 18.5. The molecule has 4 atom stereocenters. The Kier molecular flexibility index (Phi) is 12.9. The Morgan fingerprint density at radius 2 is 1.48 bits per heavy atom. The number of aliphatic hydroxyl groups is 1. The van der Waals surface area contributed by atoms with Gasteiger partial charge < -0.3 is 29.6 Å². The van der Waals surface area contributed by atoms with E-state index in [2.05, 4.69) is 17.6 Å². The van der Waals surface area contributed by atoms with Crippen LogP contribution in [0.25, 0.3) is 22.6 Å². The predicted octanol–water partition coefficient (Wildman–Crippen LogP) is 8.72. The number of anilines is 1. The molecule has 4 aromatic carbocycles. The monoisotopic (exact) mass is 719 g/mol. The van der Waals surface area contributed by atoms with Crippen molar-refractivity contribution in [1.82, 2.24) is 10.3 Å². The van der Waals surface area contributed by atoms with Gasteiger partial charge in [0.2, 0.25) is 11.8 Å². The molecule has 1 aromatic heterocycles. The van der Waals surface area contributed by atoms with Crippen molar-refractivity contribution in [3.05, 3.63) is 126 Å². The van der Waals surface area contributed by atoms with Crippen molar-refractivity contribution in [2.45, 2.75) is 69.9 Å². The molecule has 0 aliphatic carbocycles. The Bertz CT molecular complexity index is 1830. The number of unbranched alkanes of at least 4 members (excludes halogenated alkanes) is 2. The summed E-state index contributed by atoms with van der Waals surface area (Å²) in [6.07, 6.45) is 1.73. The number of oxazole rings is 1. The maximum absolute atomic E-state index is 12.6. The lowest BCUT2D eigenvalue weighted by Crippen LogP contribution is -2.38. The summed E-state index contributed by atoms with van der Waals surface area (Å²) in [5.41, 5.74) is 6.11. The molecule has 1 saturated heterocycles. The van der Waals surface area contributed by atoms with E-state index < -0.39 is 6.29 Å². The zero-order valence-corrected chi connectivity index (χ0v) is 30.3. The molecule has 4 unspecified atom stereocenters. The Balaban J connectivity index is 1.16. The molecule has 270 valence electrons. The van der Waals surface area contributed by atoms with Crippen molar-refractivity contribution >= 4 is 29.3 Å².